The number of piperidine rings is 1. The first kappa shape index (κ1) is 11.6. The lowest BCUT2D eigenvalue weighted by atomic mass is 9.87. The van der Waals surface area contributed by atoms with Crippen LogP contribution in [0.25, 0.3) is 0 Å². The van der Waals surface area contributed by atoms with Gasteiger partial charge >= 0.3 is 0 Å². The van der Waals surface area contributed by atoms with Crippen molar-refractivity contribution in [2.75, 3.05) is 27.2 Å². The monoisotopic (exact) mass is 219 g/mol. The minimum atomic E-state index is 0.488. The minimum Gasteiger partial charge on any atom is -0.316 e. The van der Waals surface area contributed by atoms with Gasteiger partial charge in [-0.25, -0.2) is 0 Å². The van der Waals surface area contributed by atoms with Crippen molar-refractivity contribution in [3.8, 4) is 0 Å². The number of aromatic nitrogens is 1. The normalized spacial score (nSPS) is 23.3. The maximum absolute atomic E-state index is 4.24. The van der Waals surface area contributed by atoms with Crippen LogP contribution in [-0.2, 0) is 0 Å². The molecular weight excluding hydrogens is 198 g/mol. The summed E-state index contributed by atoms with van der Waals surface area (Å²) in [4.78, 5) is 6.55. The number of nitrogens with one attached hydrogen (secondary N) is 1. The molecule has 1 aliphatic heterocycles. The van der Waals surface area contributed by atoms with E-state index in [0.29, 0.717) is 12.0 Å². The Balaban J connectivity index is 2.16. The van der Waals surface area contributed by atoms with Gasteiger partial charge in [0.2, 0.25) is 0 Å². The van der Waals surface area contributed by atoms with Crippen molar-refractivity contribution in [1.29, 1.82) is 0 Å². The number of hydrogen-bond acceptors (Lipinski definition) is 3. The van der Waals surface area contributed by atoms with E-state index in [4.69, 9.17) is 0 Å². The summed E-state index contributed by atoms with van der Waals surface area (Å²) >= 11 is 0. The van der Waals surface area contributed by atoms with Crippen LogP contribution in [0.5, 0.6) is 0 Å². The Hall–Kier alpha value is -0.930. The van der Waals surface area contributed by atoms with E-state index in [2.05, 4.69) is 35.4 Å². The Morgan fingerprint density at radius 1 is 1.50 bits per heavy atom. The molecule has 16 heavy (non-hydrogen) atoms. The lowest BCUT2D eigenvalue weighted by molar-refractivity contribution is 0.181. The Morgan fingerprint density at radius 3 is 2.94 bits per heavy atom. The predicted octanol–water partition coefficient (Wildman–Crippen LogP) is 1.68. The van der Waals surface area contributed by atoms with Crippen LogP contribution >= 0.6 is 0 Å². The summed E-state index contributed by atoms with van der Waals surface area (Å²) in [6.45, 7) is 2.29. The molecule has 2 atom stereocenters. The molecule has 0 aliphatic carbocycles. The van der Waals surface area contributed by atoms with E-state index in [9.17, 15) is 0 Å². The van der Waals surface area contributed by atoms with Crippen LogP contribution in [0.3, 0.4) is 0 Å². The SMILES string of the molecule is CN(C)C(c1cccnc1)C1CCCNC1. The van der Waals surface area contributed by atoms with Crippen molar-refractivity contribution in [3.63, 3.8) is 0 Å². The third-order valence-electron chi connectivity index (χ3n) is 3.36. The van der Waals surface area contributed by atoms with E-state index in [-0.39, 0.29) is 0 Å². The first-order valence-corrected chi connectivity index (χ1v) is 6.06. The molecule has 1 aromatic rings. The topological polar surface area (TPSA) is 28.2 Å². The summed E-state index contributed by atoms with van der Waals surface area (Å²) in [5.74, 6) is 0.702. The highest BCUT2D eigenvalue weighted by atomic mass is 15.1. The van der Waals surface area contributed by atoms with Crippen LogP contribution in [-0.4, -0.2) is 37.1 Å². The number of nitrogens with zero attached hydrogens (tertiary/aromatic N) is 2. The van der Waals surface area contributed by atoms with Gasteiger partial charge in [-0.3, -0.25) is 4.98 Å². The molecule has 0 spiro atoms. The van der Waals surface area contributed by atoms with Gasteiger partial charge in [0.15, 0.2) is 0 Å². The largest absolute Gasteiger partial charge is 0.316 e. The zero-order valence-corrected chi connectivity index (χ0v) is 10.2. The summed E-state index contributed by atoms with van der Waals surface area (Å²) in [5.41, 5.74) is 1.33. The van der Waals surface area contributed by atoms with Crippen LogP contribution in [0.4, 0.5) is 0 Å². The molecule has 1 N–H and O–H groups in total. The van der Waals surface area contributed by atoms with Gasteiger partial charge in [-0.05, 0) is 57.6 Å². The van der Waals surface area contributed by atoms with Crippen molar-refractivity contribution in [3.05, 3.63) is 30.1 Å². The Kier molecular flexibility index (Phi) is 3.91. The third-order valence-corrected chi connectivity index (χ3v) is 3.36. The second kappa shape index (κ2) is 5.41. The zero-order chi connectivity index (χ0) is 11.4. The molecule has 0 amide bonds. The van der Waals surface area contributed by atoms with E-state index in [1.165, 1.54) is 24.9 Å². The van der Waals surface area contributed by atoms with Gasteiger partial charge in [0.05, 0.1) is 0 Å². The highest BCUT2D eigenvalue weighted by Gasteiger charge is 2.26. The van der Waals surface area contributed by atoms with Crippen LogP contribution in [0, 0.1) is 5.92 Å². The summed E-state index contributed by atoms with van der Waals surface area (Å²) in [5, 5.41) is 3.49. The molecule has 0 saturated carbocycles. The average molecular weight is 219 g/mol. The molecule has 1 aliphatic rings. The summed E-state index contributed by atoms with van der Waals surface area (Å²) < 4.78 is 0. The van der Waals surface area contributed by atoms with Crippen LogP contribution in [0.1, 0.15) is 24.4 Å². The molecule has 0 radical (unpaired) electrons. The van der Waals surface area contributed by atoms with Gasteiger partial charge < -0.3 is 10.2 Å². The van der Waals surface area contributed by atoms with E-state index in [1.54, 1.807) is 0 Å². The fourth-order valence-corrected chi connectivity index (χ4v) is 2.69. The molecule has 88 valence electrons. The average Bonchev–Trinajstić information content (AvgIpc) is 2.31. The first-order chi connectivity index (χ1) is 7.79. The van der Waals surface area contributed by atoms with Gasteiger partial charge in [-0.15, -0.1) is 0 Å². The summed E-state index contributed by atoms with van der Waals surface area (Å²) in [6.07, 6.45) is 6.44. The van der Waals surface area contributed by atoms with Crippen LogP contribution in [0.15, 0.2) is 24.5 Å². The summed E-state index contributed by atoms with van der Waals surface area (Å²) in [6, 6.07) is 4.70. The van der Waals surface area contributed by atoms with Gasteiger partial charge in [0.25, 0.3) is 0 Å². The molecular formula is C13H21N3. The molecule has 1 aromatic heterocycles. The fourth-order valence-electron chi connectivity index (χ4n) is 2.69. The number of rotatable bonds is 3. The molecule has 2 rings (SSSR count). The van der Waals surface area contributed by atoms with Gasteiger partial charge in [-0.1, -0.05) is 6.07 Å². The van der Waals surface area contributed by atoms with Crippen molar-refractivity contribution < 1.29 is 0 Å². The van der Waals surface area contributed by atoms with E-state index in [1.807, 2.05) is 18.5 Å². The highest BCUT2D eigenvalue weighted by Crippen LogP contribution is 2.30. The third kappa shape index (κ3) is 2.60. The fraction of sp³-hybridized carbons (Fsp3) is 0.615. The van der Waals surface area contributed by atoms with Crippen LogP contribution in [0.2, 0.25) is 0 Å². The van der Waals surface area contributed by atoms with Crippen molar-refractivity contribution in [2.45, 2.75) is 18.9 Å². The molecule has 1 fully saturated rings. The smallest absolute Gasteiger partial charge is 0.0397 e. The lowest BCUT2D eigenvalue weighted by Gasteiger charge is -2.35. The second-order valence-corrected chi connectivity index (χ2v) is 4.80. The van der Waals surface area contributed by atoms with Gasteiger partial charge in [0.1, 0.15) is 0 Å². The molecule has 2 unspecified atom stereocenters. The zero-order valence-electron chi connectivity index (χ0n) is 10.2. The lowest BCUT2D eigenvalue weighted by Crippen LogP contribution is -2.38. The maximum Gasteiger partial charge on any atom is 0.0397 e. The van der Waals surface area contributed by atoms with Crippen molar-refractivity contribution >= 4 is 0 Å². The van der Waals surface area contributed by atoms with Crippen LogP contribution < -0.4 is 5.32 Å². The maximum atomic E-state index is 4.24. The first-order valence-electron chi connectivity index (χ1n) is 6.06. The number of hydrogen-bond donors (Lipinski definition) is 1. The van der Waals surface area contributed by atoms with E-state index < -0.39 is 0 Å². The van der Waals surface area contributed by atoms with Gasteiger partial charge in [-0.2, -0.15) is 0 Å². The standard InChI is InChI=1S/C13H21N3/c1-16(2)13(11-5-3-7-14-9-11)12-6-4-8-15-10-12/h3,5,7,9,12-13,15H,4,6,8,10H2,1-2H3. The minimum absolute atomic E-state index is 0.488. The Morgan fingerprint density at radius 2 is 2.38 bits per heavy atom. The molecule has 0 bridgehead atoms. The molecule has 3 heteroatoms. The Labute approximate surface area is 97.9 Å². The summed E-state index contributed by atoms with van der Waals surface area (Å²) in [7, 11) is 4.32. The number of pyridine rings is 1. The van der Waals surface area contributed by atoms with Gasteiger partial charge in [0, 0.05) is 18.4 Å². The molecule has 2 heterocycles. The second-order valence-electron chi connectivity index (χ2n) is 4.80. The Bertz CT molecular complexity index is 304. The molecule has 1 saturated heterocycles. The highest BCUT2D eigenvalue weighted by molar-refractivity contribution is 5.15. The molecule has 0 aromatic carbocycles. The van der Waals surface area contributed by atoms with Crippen molar-refractivity contribution in [1.82, 2.24) is 15.2 Å². The quantitative estimate of drug-likeness (QED) is 0.838. The van der Waals surface area contributed by atoms with Crippen molar-refractivity contribution in [2.24, 2.45) is 5.92 Å². The predicted molar refractivity (Wildman–Crippen MR) is 66.3 cm³/mol. The molecule has 3 nitrogen and oxygen atoms in total. The van der Waals surface area contributed by atoms with E-state index in [0.717, 1.165) is 6.54 Å². The van der Waals surface area contributed by atoms with E-state index >= 15 is 0 Å².